The normalized spacial score (nSPS) is 9.78. The number of hydrogen-bond acceptors (Lipinski definition) is 8. The van der Waals surface area contributed by atoms with Crippen LogP contribution in [0.25, 0.3) is 0 Å². The van der Waals surface area contributed by atoms with E-state index in [-0.39, 0.29) is 35.1 Å². The van der Waals surface area contributed by atoms with E-state index in [0.29, 0.717) is 5.88 Å². The smallest absolute Gasteiger partial charge is 0.264 e. The molecule has 0 amide bonds. The number of nitrogens with zero attached hydrogens (tertiary/aromatic N) is 4. The van der Waals surface area contributed by atoms with Gasteiger partial charge >= 0.3 is 0 Å². The van der Waals surface area contributed by atoms with Gasteiger partial charge in [-0.15, -0.1) is 5.10 Å². The lowest BCUT2D eigenvalue weighted by Crippen LogP contribution is -2.10. The fraction of sp³-hybridized carbons (Fsp3) is 0.364. The van der Waals surface area contributed by atoms with Crippen LogP contribution in [0, 0.1) is 0 Å². The molecule has 0 saturated heterocycles. The Morgan fingerprint density at radius 1 is 0.889 bits per heavy atom. The van der Waals surface area contributed by atoms with E-state index in [4.69, 9.17) is 9.47 Å². The molecule has 196 valence electrons. The van der Waals surface area contributed by atoms with Crippen LogP contribution < -0.4 is 20.6 Å². The average molecular weight is 505 g/mol. The van der Waals surface area contributed by atoms with Gasteiger partial charge < -0.3 is 14.6 Å². The van der Waals surface area contributed by atoms with Gasteiger partial charge in [0.1, 0.15) is 0 Å². The van der Waals surface area contributed by atoms with Gasteiger partial charge in [0, 0.05) is 56.7 Å². The number of hydrogen-bond donors (Lipinski definition) is 4. The highest BCUT2D eigenvalue weighted by molar-refractivity contribution is 5.75. The van der Waals surface area contributed by atoms with Gasteiger partial charge in [0.25, 0.3) is 11.1 Å². The first-order valence-electron chi connectivity index (χ1n) is 10.9. The highest BCUT2D eigenvalue weighted by Gasteiger charge is 2.03. The molecule has 0 unspecified atom stereocenters. The Morgan fingerprint density at radius 2 is 1.58 bits per heavy atom. The number of H-pyrrole nitrogens is 4. The van der Waals surface area contributed by atoms with Gasteiger partial charge in [0.2, 0.25) is 23.6 Å². The highest BCUT2D eigenvalue weighted by Crippen LogP contribution is 2.07. The summed E-state index contributed by atoms with van der Waals surface area (Å²) >= 11 is 0. The summed E-state index contributed by atoms with van der Waals surface area (Å²) in [6.07, 6.45) is 6.48. The molecule has 14 nitrogen and oxygen atoms in total. The number of carbonyl (C=O) groups excluding carboxylic acids is 2. The zero-order valence-electron chi connectivity index (χ0n) is 21.0. The second kappa shape index (κ2) is 15.3. The molecule has 0 radical (unpaired) electrons. The van der Waals surface area contributed by atoms with Crippen LogP contribution in [0.2, 0.25) is 0 Å². The SMILES string of the molecule is CC(=O)n1ccc(=O)[nH]1.CC(=O)n1ccc(OC(C)C)n1.CC(C)Oc1ccn[nH]1.O=c1cc[nH][nH]1. The maximum absolute atomic E-state index is 10.8. The van der Waals surface area contributed by atoms with E-state index in [2.05, 4.69) is 30.6 Å². The Morgan fingerprint density at radius 3 is 1.92 bits per heavy atom. The van der Waals surface area contributed by atoms with Crippen molar-refractivity contribution in [3.63, 3.8) is 0 Å². The van der Waals surface area contributed by atoms with Crippen LogP contribution in [0.1, 0.15) is 51.1 Å². The summed E-state index contributed by atoms with van der Waals surface area (Å²) in [6.45, 7) is 10.6. The number of aromatic amines is 4. The van der Waals surface area contributed by atoms with Gasteiger partial charge in [-0.3, -0.25) is 29.4 Å². The molecule has 0 aliphatic rings. The van der Waals surface area contributed by atoms with Crippen LogP contribution >= 0.6 is 0 Å². The summed E-state index contributed by atoms with van der Waals surface area (Å²) in [7, 11) is 0. The van der Waals surface area contributed by atoms with Crippen molar-refractivity contribution >= 4 is 11.8 Å². The van der Waals surface area contributed by atoms with Crippen molar-refractivity contribution in [3.8, 4) is 11.8 Å². The van der Waals surface area contributed by atoms with E-state index < -0.39 is 0 Å². The second-order valence-corrected chi connectivity index (χ2v) is 7.52. The van der Waals surface area contributed by atoms with Crippen molar-refractivity contribution in [2.24, 2.45) is 0 Å². The molecule has 0 fully saturated rings. The van der Waals surface area contributed by atoms with Crippen molar-refractivity contribution in [1.82, 2.24) is 40.0 Å². The third kappa shape index (κ3) is 12.6. The molecule has 0 aromatic carbocycles. The Kier molecular flexibility index (Phi) is 12.5. The molecular formula is C22H32N8O6. The first kappa shape index (κ1) is 29.4. The van der Waals surface area contributed by atoms with Crippen LogP contribution in [0.5, 0.6) is 11.8 Å². The summed E-state index contributed by atoms with van der Waals surface area (Å²) in [5.74, 6) is 0.899. The van der Waals surface area contributed by atoms with E-state index >= 15 is 0 Å². The molecule has 4 N–H and O–H groups in total. The molecule has 36 heavy (non-hydrogen) atoms. The number of carbonyl (C=O) groups is 2. The lowest BCUT2D eigenvalue weighted by molar-refractivity contribution is 0.0910. The molecule has 0 aliphatic heterocycles. The van der Waals surface area contributed by atoms with Crippen molar-refractivity contribution in [2.45, 2.75) is 53.8 Å². The highest BCUT2D eigenvalue weighted by atomic mass is 16.5. The van der Waals surface area contributed by atoms with E-state index in [1.54, 1.807) is 30.7 Å². The van der Waals surface area contributed by atoms with Crippen molar-refractivity contribution in [3.05, 3.63) is 69.8 Å². The molecule has 0 spiro atoms. The fourth-order valence-corrected chi connectivity index (χ4v) is 2.14. The zero-order valence-corrected chi connectivity index (χ0v) is 21.0. The molecule has 14 heteroatoms. The lowest BCUT2D eigenvalue weighted by atomic mass is 10.5. The lowest BCUT2D eigenvalue weighted by Gasteiger charge is -2.04. The van der Waals surface area contributed by atoms with Gasteiger partial charge in [-0.05, 0) is 27.7 Å². The van der Waals surface area contributed by atoms with Gasteiger partial charge in [-0.25, -0.2) is 14.5 Å². The molecule has 0 saturated carbocycles. The van der Waals surface area contributed by atoms with Gasteiger partial charge in [-0.2, -0.15) is 5.10 Å². The minimum atomic E-state index is -0.259. The fourth-order valence-electron chi connectivity index (χ4n) is 2.14. The monoisotopic (exact) mass is 504 g/mol. The third-order valence-electron chi connectivity index (χ3n) is 3.54. The Hall–Kier alpha value is -4.62. The summed E-state index contributed by atoms with van der Waals surface area (Å²) in [5, 5.41) is 17.4. The Balaban J connectivity index is 0.000000246. The van der Waals surface area contributed by atoms with Gasteiger partial charge in [0.15, 0.2) is 0 Å². The number of ether oxygens (including phenoxy) is 2. The number of rotatable bonds is 4. The van der Waals surface area contributed by atoms with Crippen LogP contribution in [0.3, 0.4) is 0 Å². The molecule has 0 atom stereocenters. The first-order chi connectivity index (χ1) is 17.0. The Labute approximate surface area is 206 Å². The second-order valence-electron chi connectivity index (χ2n) is 7.52. The predicted octanol–water partition coefficient (Wildman–Crippen LogP) is 2.07. The first-order valence-corrected chi connectivity index (χ1v) is 10.9. The molecule has 4 rings (SSSR count). The Bertz CT molecular complexity index is 1240. The minimum absolute atomic E-state index is 0.0836. The van der Waals surface area contributed by atoms with Crippen LogP contribution in [-0.4, -0.2) is 64.0 Å². The topological polar surface area (TPSA) is 186 Å². The van der Waals surface area contributed by atoms with Crippen molar-refractivity contribution in [2.75, 3.05) is 0 Å². The zero-order chi connectivity index (χ0) is 27.1. The van der Waals surface area contributed by atoms with Crippen LogP contribution in [0.15, 0.2) is 58.6 Å². The maximum atomic E-state index is 10.8. The largest absolute Gasteiger partial charge is 0.475 e. The average Bonchev–Trinajstić information content (AvgIpc) is 3.57. The van der Waals surface area contributed by atoms with E-state index in [9.17, 15) is 19.2 Å². The molecular weight excluding hydrogens is 472 g/mol. The van der Waals surface area contributed by atoms with E-state index in [1.807, 2.05) is 27.7 Å². The summed E-state index contributed by atoms with van der Waals surface area (Å²) in [4.78, 5) is 41.6. The van der Waals surface area contributed by atoms with Gasteiger partial charge in [-0.1, -0.05) is 0 Å². The molecule has 4 heterocycles. The van der Waals surface area contributed by atoms with Crippen LogP contribution in [0.4, 0.5) is 0 Å². The van der Waals surface area contributed by atoms with Crippen LogP contribution in [-0.2, 0) is 0 Å². The molecule has 4 aromatic heterocycles. The van der Waals surface area contributed by atoms with Gasteiger partial charge in [0.05, 0.1) is 18.4 Å². The minimum Gasteiger partial charge on any atom is -0.475 e. The molecule has 0 bridgehead atoms. The molecule has 4 aromatic rings. The van der Waals surface area contributed by atoms with Crippen molar-refractivity contribution in [1.29, 1.82) is 0 Å². The predicted molar refractivity (Wildman–Crippen MR) is 131 cm³/mol. The van der Waals surface area contributed by atoms with E-state index in [0.717, 1.165) is 10.6 Å². The maximum Gasteiger partial charge on any atom is 0.264 e. The standard InChI is InChI=1S/C8H12N2O2.C6H10N2O.C5H6N2O2.C3H4N2O/c1-6(2)12-8-4-5-10(9-8)7(3)11;1-5(2)9-6-3-4-7-8-6;1-4(8)7-3-2-5(9)6-7;6-3-1-2-4-5-3/h4-6H,1-3H3;3-5H,1-2H3,(H,7,8);2-3H,1H3,(H,6,9);1-2H,(H2,4,5,6). The number of aromatic nitrogens is 8. The summed E-state index contributed by atoms with van der Waals surface area (Å²) in [5.41, 5.74) is -0.347. The summed E-state index contributed by atoms with van der Waals surface area (Å²) in [6, 6.07) is 6.17. The number of nitrogens with one attached hydrogen (secondary N) is 4. The van der Waals surface area contributed by atoms with Crippen molar-refractivity contribution < 1.29 is 19.1 Å². The summed E-state index contributed by atoms with van der Waals surface area (Å²) < 4.78 is 12.9. The third-order valence-corrected chi connectivity index (χ3v) is 3.54. The quantitative estimate of drug-likeness (QED) is 0.325. The molecule has 0 aliphatic carbocycles. The van der Waals surface area contributed by atoms with E-state index in [1.165, 1.54) is 36.9 Å².